The first kappa shape index (κ1) is 8.00. The van der Waals surface area contributed by atoms with E-state index in [1.807, 2.05) is 24.4 Å². The van der Waals surface area contributed by atoms with Gasteiger partial charge in [-0.3, -0.25) is 4.40 Å². The quantitative estimate of drug-likeness (QED) is 0.596. The number of rotatable bonds is 0. The van der Waals surface area contributed by atoms with Crippen molar-refractivity contribution in [3.63, 3.8) is 0 Å². The second kappa shape index (κ2) is 2.82. The van der Waals surface area contributed by atoms with Crippen LogP contribution in [-0.2, 0) is 0 Å². The SMILES string of the molecule is Brc1cn2c(ccc3ccccc32)n1. The van der Waals surface area contributed by atoms with Crippen LogP contribution in [0.2, 0.25) is 0 Å². The molecule has 0 saturated carbocycles. The third-order valence-electron chi connectivity index (χ3n) is 2.31. The molecule has 3 rings (SSSR count). The summed E-state index contributed by atoms with van der Waals surface area (Å²) in [6.45, 7) is 0. The summed E-state index contributed by atoms with van der Waals surface area (Å²) < 4.78 is 2.95. The third-order valence-corrected chi connectivity index (χ3v) is 2.69. The summed E-state index contributed by atoms with van der Waals surface area (Å²) in [7, 11) is 0. The Morgan fingerprint density at radius 3 is 2.86 bits per heavy atom. The van der Waals surface area contributed by atoms with E-state index in [-0.39, 0.29) is 0 Å². The lowest BCUT2D eigenvalue weighted by Gasteiger charge is -1.99. The summed E-state index contributed by atoms with van der Waals surface area (Å²) in [5, 5.41) is 1.23. The van der Waals surface area contributed by atoms with Crippen LogP contribution >= 0.6 is 15.9 Å². The van der Waals surface area contributed by atoms with Gasteiger partial charge in [-0.25, -0.2) is 4.98 Å². The fraction of sp³-hybridized carbons (Fsp3) is 0. The molecule has 0 spiro atoms. The van der Waals surface area contributed by atoms with Crippen molar-refractivity contribution in [2.24, 2.45) is 0 Å². The van der Waals surface area contributed by atoms with Crippen LogP contribution in [0.15, 0.2) is 47.2 Å². The van der Waals surface area contributed by atoms with Crippen LogP contribution in [0.5, 0.6) is 0 Å². The summed E-state index contributed by atoms with van der Waals surface area (Å²) in [6, 6.07) is 12.4. The molecule has 2 nitrogen and oxygen atoms in total. The number of halogens is 1. The fourth-order valence-electron chi connectivity index (χ4n) is 1.69. The largest absolute Gasteiger partial charge is 0.298 e. The van der Waals surface area contributed by atoms with Crippen molar-refractivity contribution in [2.45, 2.75) is 0 Å². The van der Waals surface area contributed by atoms with Crippen LogP contribution in [0.3, 0.4) is 0 Å². The predicted octanol–water partition coefficient (Wildman–Crippen LogP) is 3.25. The summed E-state index contributed by atoms with van der Waals surface area (Å²) in [6.07, 6.45) is 1.98. The van der Waals surface area contributed by atoms with E-state index in [9.17, 15) is 0 Å². The van der Waals surface area contributed by atoms with Crippen molar-refractivity contribution in [1.29, 1.82) is 0 Å². The molecular formula is C11H7BrN2. The van der Waals surface area contributed by atoms with Gasteiger partial charge in [0, 0.05) is 6.20 Å². The smallest absolute Gasteiger partial charge is 0.138 e. The Hall–Kier alpha value is -1.35. The number of hydrogen-bond donors (Lipinski definition) is 0. The highest BCUT2D eigenvalue weighted by molar-refractivity contribution is 9.10. The molecule has 2 heterocycles. The molecule has 68 valence electrons. The number of para-hydroxylation sites is 1. The number of fused-ring (bicyclic) bond motifs is 3. The highest BCUT2D eigenvalue weighted by Gasteiger charge is 2.01. The topological polar surface area (TPSA) is 17.3 Å². The van der Waals surface area contributed by atoms with Gasteiger partial charge in [0.25, 0.3) is 0 Å². The summed E-state index contributed by atoms with van der Waals surface area (Å²) in [4.78, 5) is 4.34. The van der Waals surface area contributed by atoms with Gasteiger partial charge in [0.15, 0.2) is 0 Å². The van der Waals surface area contributed by atoms with Gasteiger partial charge in [0.05, 0.1) is 5.52 Å². The Kier molecular flexibility index (Phi) is 1.61. The number of hydrogen-bond acceptors (Lipinski definition) is 1. The highest BCUT2D eigenvalue weighted by atomic mass is 79.9. The number of benzene rings is 1. The molecule has 0 aliphatic heterocycles. The zero-order chi connectivity index (χ0) is 9.54. The molecular weight excluding hydrogens is 240 g/mol. The zero-order valence-corrected chi connectivity index (χ0v) is 8.90. The van der Waals surface area contributed by atoms with Crippen molar-refractivity contribution in [1.82, 2.24) is 9.38 Å². The Morgan fingerprint density at radius 1 is 1.07 bits per heavy atom. The van der Waals surface area contributed by atoms with Crippen molar-refractivity contribution in [3.8, 4) is 0 Å². The molecule has 0 radical (unpaired) electrons. The average molecular weight is 247 g/mol. The molecule has 0 atom stereocenters. The first-order valence-corrected chi connectivity index (χ1v) is 5.16. The van der Waals surface area contributed by atoms with E-state index in [0.29, 0.717) is 0 Å². The molecule has 2 aromatic heterocycles. The predicted molar refractivity (Wildman–Crippen MR) is 60.4 cm³/mol. The molecule has 3 heteroatoms. The summed E-state index contributed by atoms with van der Waals surface area (Å²) in [5.74, 6) is 0. The van der Waals surface area contributed by atoms with Gasteiger partial charge in [-0.15, -0.1) is 0 Å². The first-order chi connectivity index (χ1) is 6.84. The van der Waals surface area contributed by atoms with Crippen molar-refractivity contribution in [2.75, 3.05) is 0 Å². The molecule has 1 aromatic carbocycles. The van der Waals surface area contributed by atoms with Crippen LogP contribution in [0.4, 0.5) is 0 Å². The van der Waals surface area contributed by atoms with Crippen molar-refractivity contribution < 1.29 is 0 Å². The Labute approximate surface area is 89.3 Å². The fourth-order valence-corrected chi connectivity index (χ4v) is 2.07. The molecule has 0 fully saturated rings. The van der Waals surface area contributed by atoms with Gasteiger partial charge in [-0.2, -0.15) is 0 Å². The lowest BCUT2D eigenvalue weighted by molar-refractivity contribution is 1.26. The van der Waals surface area contributed by atoms with Gasteiger partial charge < -0.3 is 0 Å². The van der Waals surface area contributed by atoms with E-state index in [2.05, 4.69) is 43.5 Å². The molecule has 0 N–H and O–H groups in total. The molecule has 0 bridgehead atoms. The lowest BCUT2D eigenvalue weighted by Crippen LogP contribution is -1.85. The van der Waals surface area contributed by atoms with E-state index >= 15 is 0 Å². The van der Waals surface area contributed by atoms with Crippen LogP contribution in [0.25, 0.3) is 16.6 Å². The van der Waals surface area contributed by atoms with Gasteiger partial charge in [0.2, 0.25) is 0 Å². The monoisotopic (exact) mass is 246 g/mol. The van der Waals surface area contributed by atoms with E-state index in [4.69, 9.17) is 0 Å². The summed E-state index contributed by atoms with van der Waals surface area (Å²) in [5.41, 5.74) is 2.15. The molecule has 0 amide bonds. The Bertz CT molecular complexity index is 613. The Morgan fingerprint density at radius 2 is 1.93 bits per heavy atom. The van der Waals surface area contributed by atoms with Crippen LogP contribution in [0, 0.1) is 0 Å². The van der Waals surface area contributed by atoms with Crippen LogP contribution in [-0.4, -0.2) is 9.38 Å². The van der Waals surface area contributed by atoms with Gasteiger partial charge in [0.1, 0.15) is 10.3 Å². The second-order valence-corrected chi connectivity index (χ2v) is 4.00. The van der Waals surface area contributed by atoms with Crippen LogP contribution in [0.1, 0.15) is 0 Å². The number of aromatic nitrogens is 2. The molecule has 0 aliphatic rings. The van der Waals surface area contributed by atoms with Crippen molar-refractivity contribution in [3.05, 3.63) is 47.2 Å². The number of pyridine rings is 1. The van der Waals surface area contributed by atoms with E-state index in [1.54, 1.807) is 0 Å². The molecule has 3 aromatic rings. The third kappa shape index (κ3) is 1.06. The van der Waals surface area contributed by atoms with Gasteiger partial charge >= 0.3 is 0 Å². The lowest BCUT2D eigenvalue weighted by atomic mass is 10.2. The first-order valence-electron chi connectivity index (χ1n) is 4.37. The minimum Gasteiger partial charge on any atom is -0.298 e. The van der Waals surface area contributed by atoms with E-state index < -0.39 is 0 Å². The normalized spacial score (nSPS) is 11.2. The van der Waals surface area contributed by atoms with Gasteiger partial charge in [-0.1, -0.05) is 18.2 Å². The highest BCUT2D eigenvalue weighted by Crippen LogP contribution is 2.18. The van der Waals surface area contributed by atoms with Gasteiger partial charge in [-0.05, 0) is 39.5 Å². The van der Waals surface area contributed by atoms with E-state index in [1.165, 1.54) is 10.9 Å². The van der Waals surface area contributed by atoms with Crippen LogP contribution < -0.4 is 0 Å². The maximum atomic E-state index is 4.34. The summed E-state index contributed by atoms with van der Waals surface area (Å²) >= 11 is 3.38. The Balaban J connectivity index is 2.60. The van der Waals surface area contributed by atoms with Crippen molar-refractivity contribution >= 4 is 32.5 Å². The molecule has 0 unspecified atom stereocenters. The second-order valence-electron chi connectivity index (χ2n) is 3.18. The minimum absolute atomic E-state index is 0.869. The van der Waals surface area contributed by atoms with E-state index in [0.717, 1.165) is 10.3 Å². The maximum Gasteiger partial charge on any atom is 0.138 e. The zero-order valence-electron chi connectivity index (χ0n) is 7.31. The number of nitrogens with zero attached hydrogens (tertiary/aromatic N) is 2. The standard InChI is InChI=1S/C11H7BrN2/c12-10-7-14-9-4-2-1-3-8(9)5-6-11(14)13-10/h1-7H. The maximum absolute atomic E-state index is 4.34. The molecule has 0 saturated heterocycles. The molecule has 14 heavy (non-hydrogen) atoms. The number of imidazole rings is 1. The average Bonchev–Trinajstić information content (AvgIpc) is 2.59. The minimum atomic E-state index is 0.869. The molecule has 0 aliphatic carbocycles.